The van der Waals surface area contributed by atoms with Gasteiger partial charge in [-0.3, -0.25) is 0 Å². The summed E-state index contributed by atoms with van der Waals surface area (Å²) in [5.74, 6) is 1.50. The summed E-state index contributed by atoms with van der Waals surface area (Å²) in [6.45, 7) is 3.21. The summed E-state index contributed by atoms with van der Waals surface area (Å²) >= 11 is 0. The molecule has 2 N–H and O–H groups in total. The van der Waals surface area contributed by atoms with Crippen molar-refractivity contribution in [1.29, 1.82) is 0 Å². The third-order valence-corrected chi connectivity index (χ3v) is 4.24. The van der Waals surface area contributed by atoms with Crippen LogP contribution in [0.2, 0.25) is 0 Å². The molecular formula is C16H23NO3. The molecule has 2 atom stereocenters. The minimum absolute atomic E-state index is 0.0423. The monoisotopic (exact) mass is 277 g/mol. The van der Waals surface area contributed by atoms with Gasteiger partial charge in [0.1, 0.15) is 13.2 Å². The minimum atomic E-state index is -0.522. The first-order valence-electron chi connectivity index (χ1n) is 7.58. The maximum absolute atomic E-state index is 10.5. The zero-order valence-electron chi connectivity index (χ0n) is 12.0. The van der Waals surface area contributed by atoms with Crippen LogP contribution in [-0.4, -0.2) is 30.4 Å². The summed E-state index contributed by atoms with van der Waals surface area (Å²) in [5, 5.41) is 14.0. The Morgan fingerprint density at radius 1 is 1.15 bits per heavy atom. The molecule has 1 aromatic rings. The van der Waals surface area contributed by atoms with Crippen molar-refractivity contribution in [1.82, 2.24) is 5.32 Å². The summed E-state index contributed by atoms with van der Waals surface area (Å²) in [5.41, 5.74) is 0.882. The van der Waals surface area contributed by atoms with Gasteiger partial charge in [-0.15, -0.1) is 0 Å². The molecule has 1 aliphatic carbocycles. The van der Waals surface area contributed by atoms with E-state index in [1.54, 1.807) is 0 Å². The van der Waals surface area contributed by atoms with Gasteiger partial charge < -0.3 is 19.9 Å². The Morgan fingerprint density at radius 2 is 1.85 bits per heavy atom. The van der Waals surface area contributed by atoms with Gasteiger partial charge >= 0.3 is 0 Å². The number of hydrogen-bond donors (Lipinski definition) is 2. The second-order valence-electron chi connectivity index (χ2n) is 5.78. The first-order chi connectivity index (χ1) is 9.74. The lowest BCUT2D eigenvalue weighted by Crippen LogP contribution is -2.38. The zero-order chi connectivity index (χ0) is 13.9. The maximum atomic E-state index is 10.5. The van der Waals surface area contributed by atoms with Crippen LogP contribution in [0, 0.1) is 0 Å². The van der Waals surface area contributed by atoms with Crippen LogP contribution >= 0.6 is 0 Å². The predicted molar refractivity (Wildman–Crippen MR) is 77.2 cm³/mol. The fraction of sp³-hybridized carbons (Fsp3) is 0.625. The smallest absolute Gasteiger partial charge is 0.161 e. The Balaban J connectivity index is 1.67. The normalized spacial score (nSPS) is 21.7. The highest BCUT2D eigenvalue weighted by Crippen LogP contribution is 2.33. The van der Waals surface area contributed by atoms with Crippen LogP contribution in [-0.2, 0) is 0 Å². The molecule has 20 heavy (non-hydrogen) atoms. The van der Waals surface area contributed by atoms with E-state index in [2.05, 4.69) is 5.32 Å². The van der Waals surface area contributed by atoms with Gasteiger partial charge in [0, 0.05) is 12.1 Å². The number of fused-ring (bicyclic) bond motifs is 1. The van der Waals surface area contributed by atoms with E-state index in [-0.39, 0.29) is 6.04 Å². The van der Waals surface area contributed by atoms with Crippen LogP contribution in [0.5, 0.6) is 11.5 Å². The molecule has 110 valence electrons. The number of nitrogens with one attached hydrogen (secondary N) is 1. The average Bonchev–Trinajstić information content (AvgIpc) is 2.99. The number of ether oxygens (including phenoxy) is 2. The SMILES string of the molecule is CC(NC1CCCC1)C(O)c1ccc2c(c1)OCCO2. The van der Waals surface area contributed by atoms with Gasteiger partial charge in [0.15, 0.2) is 11.5 Å². The molecule has 4 heteroatoms. The molecule has 0 saturated heterocycles. The maximum Gasteiger partial charge on any atom is 0.161 e. The van der Waals surface area contributed by atoms with E-state index in [0.29, 0.717) is 19.3 Å². The Morgan fingerprint density at radius 3 is 2.60 bits per heavy atom. The van der Waals surface area contributed by atoms with Crippen molar-refractivity contribution in [2.45, 2.75) is 50.8 Å². The van der Waals surface area contributed by atoms with Crippen LogP contribution < -0.4 is 14.8 Å². The van der Waals surface area contributed by atoms with Gasteiger partial charge in [0.2, 0.25) is 0 Å². The molecule has 0 amide bonds. The summed E-state index contributed by atoms with van der Waals surface area (Å²) < 4.78 is 11.1. The first kappa shape index (κ1) is 13.7. The Kier molecular flexibility index (Phi) is 4.13. The number of rotatable bonds is 4. The van der Waals surface area contributed by atoms with Crippen molar-refractivity contribution in [3.8, 4) is 11.5 Å². The van der Waals surface area contributed by atoms with E-state index in [0.717, 1.165) is 17.1 Å². The molecule has 0 radical (unpaired) electrons. The summed E-state index contributed by atoms with van der Waals surface area (Å²) in [6.07, 6.45) is 4.51. The summed E-state index contributed by atoms with van der Waals surface area (Å²) in [4.78, 5) is 0. The summed E-state index contributed by atoms with van der Waals surface area (Å²) in [7, 11) is 0. The van der Waals surface area contributed by atoms with E-state index in [1.165, 1.54) is 25.7 Å². The van der Waals surface area contributed by atoms with Crippen molar-refractivity contribution in [3.63, 3.8) is 0 Å². The molecule has 2 aliphatic rings. The standard InChI is InChI=1S/C16H23NO3/c1-11(17-13-4-2-3-5-13)16(18)12-6-7-14-15(10-12)20-9-8-19-14/h6-7,10-11,13,16-18H,2-5,8-9H2,1H3. The fourth-order valence-electron chi connectivity index (χ4n) is 3.09. The Labute approximate surface area is 120 Å². The van der Waals surface area contributed by atoms with E-state index >= 15 is 0 Å². The zero-order valence-corrected chi connectivity index (χ0v) is 12.0. The molecule has 2 unspecified atom stereocenters. The Hall–Kier alpha value is -1.26. The molecule has 3 rings (SSSR count). The number of aliphatic hydroxyl groups is 1. The molecule has 1 aliphatic heterocycles. The molecule has 0 aromatic heterocycles. The quantitative estimate of drug-likeness (QED) is 0.887. The molecule has 4 nitrogen and oxygen atoms in total. The van der Waals surface area contributed by atoms with Gasteiger partial charge in [0.25, 0.3) is 0 Å². The second-order valence-corrected chi connectivity index (χ2v) is 5.78. The second kappa shape index (κ2) is 6.02. The lowest BCUT2D eigenvalue weighted by molar-refractivity contribution is 0.127. The third kappa shape index (κ3) is 2.91. The molecule has 1 saturated carbocycles. The highest BCUT2D eigenvalue weighted by molar-refractivity contribution is 5.44. The van der Waals surface area contributed by atoms with Gasteiger partial charge in [0.05, 0.1) is 6.10 Å². The van der Waals surface area contributed by atoms with Crippen molar-refractivity contribution < 1.29 is 14.6 Å². The molecular weight excluding hydrogens is 254 g/mol. The molecule has 0 bridgehead atoms. The topological polar surface area (TPSA) is 50.7 Å². The average molecular weight is 277 g/mol. The molecule has 1 fully saturated rings. The van der Waals surface area contributed by atoms with E-state index in [9.17, 15) is 5.11 Å². The summed E-state index contributed by atoms with van der Waals surface area (Å²) in [6, 6.07) is 6.30. The van der Waals surface area contributed by atoms with Gasteiger partial charge in [-0.05, 0) is 37.5 Å². The molecule has 1 heterocycles. The van der Waals surface area contributed by atoms with Crippen molar-refractivity contribution in [2.75, 3.05) is 13.2 Å². The van der Waals surface area contributed by atoms with Gasteiger partial charge in [-0.25, -0.2) is 0 Å². The number of benzene rings is 1. The minimum Gasteiger partial charge on any atom is -0.486 e. The molecule has 0 spiro atoms. The number of aliphatic hydroxyl groups excluding tert-OH is 1. The molecule has 1 aromatic carbocycles. The van der Waals surface area contributed by atoms with Gasteiger partial charge in [-0.1, -0.05) is 18.9 Å². The largest absolute Gasteiger partial charge is 0.486 e. The third-order valence-electron chi connectivity index (χ3n) is 4.24. The Bertz CT molecular complexity index is 457. The van der Waals surface area contributed by atoms with Crippen LogP contribution in [0.15, 0.2) is 18.2 Å². The van der Waals surface area contributed by atoms with Crippen molar-refractivity contribution >= 4 is 0 Å². The van der Waals surface area contributed by atoms with Crippen LogP contribution in [0.25, 0.3) is 0 Å². The van der Waals surface area contributed by atoms with E-state index in [1.807, 2.05) is 25.1 Å². The number of hydrogen-bond acceptors (Lipinski definition) is 4. The van der Waals surface area contributed by atoms with Crippen molar-refractivity contribution in [3.05, 3.63) is 23.8 Å². The van der Waals surface area contributed by atoms with E-state index < -0.39 is 6.10 Å². The van der Waals surface area contributed by atoms with Crippen LogP contribution in [0.3, 0.4) is 0 Å². The van der Waals surface area contributed by atoms with Crippen LogP contribution in [0.1, 0.15) is 44.3 Å². The van der Waals surface area contributed by atoms with E-state index in [4.69, 9.17) is 9.47 Å². The lowest BCUT2D eigenvalue weighted by atomic mass is 10.0. The lowest BCUT2D eigenvalue weighted by Gasteiger charge is -2.26. The highest BCUT2D eigenvalue weighted by Gasteiger charge is 2.23. The van der Waals surface area contributed by atoms with Crippen molar-refractivity contribution in [2.24, 2.45) is 0 Å². The fourth-order valence-corrected chi connectivity index (χ4v) is 3.09. The highest BCUT2D eigenvalue weighted by atomic mass is 16.6. The first-order valence-corrected chi connectivity index (χ1v) is 7.58. The predicted octanol–water partition coefficient (Wildman–Crippen LogP) is 2.41. The van der Waals surface area contributed by atoms with Crippen LogP contribution in [0.4, 0.5) is 0 Å². The van der Waals surface area contributed by atoms with Gasteiger partial charge in [-0.2, -0.15) is 0 Å².